The molecule has 3 aliphatic rings. The first-order valence-corrected chi connectivity index (χ1v) is 13.7. The predicted octanol–water partition coefficient (Wildman–Crippen LogP) is 4.62. The number of aliphatic hydroxyl groups excluding tert-OH is 1. The molecule has 0 saturated carbocycles. The van der Waals surface area contributed by atoms with E-state index >= 15 is 0 Å². The fourth-order valence-corrected chi connectivity index (χ4v) is 6.65. The molecule has 2 aliphatic heterocycles. The van der Waals surface area contributed by atoms with Crippen LogP contribution in [-0.4, -0.2) is 37.0 Å². The lowest BCUT2D eigenvalue weighted by Crippen LogP contribution is -2.42. The van der Waals surface area contributed by atoms with Gasteiger partial charge in [0.2, 0.25) is 10.0 Å². The Kier molecular flexibility index (Phi) is 6.09. The van der Waals surface area contributed by atoms with Crippen molar-refractivity contribution in [2.24, 2.45) is 5.92 Å². The number of nitrogens with one attached hydrogen (secondary N) is 1. The van der Waals surface area contributed by atoms with E-state index < -0.39 is 16.1 Å². The Hall–Kier alpha value is -2.94. The smallest absolute Gasteiger partial charge is 0.243 e. The molecule has 190 valence electrons. The quantitative estimate of drug-likeness (QED) is 0.630. The van der Waals surface area contributed by atoms with E-state index in [9.17, 15) is 17.9 Å². The van der Waals surface area contributed by atoms with Crippen LogP contribution in [0, 0.1) is 11.7 Å². The lowest BCUT2D eigenvalue weighted by Gasteiger charge is -2.38. The van der Waals surface area contributed by atoms with Gasteiger partial charge in [-0.25, -0.2) is 12.8 Å². The largest absolute Gasteiger partial charge is 0.392 e. The van der Waals surface area contributed by atoms with E-state index in [0.29, 0.717) is 13.0 Å². The van der Waals surface area contributed by atoms with E-state index in [1.54, 1.807) is 31.2 Å². The van der Waals surface area contributed by atoms with Gasteiger partial charge in [0.1, 0.15) is 5.82 Å². The summed E-state index contributed by atoms with van der Waals surface area (Å²) in [4.78, 5) is 0.282. The fraction of sp³-hybridized carbons (Fsp3) is 0.357. The number of benzene rings is 2. The second-order valence-electron chi connectivity index (χ2n) is 10.7. The van der Waals surface area contributed by atoms with E-state index in [1.165, 1.54) is 16.4 Å². The van der Waals surface area contributed by atoms with E-state index in [4.69, 9.17) is 0 Å². The van der Waals surface area contributed by atoms with Crippen LogP contribution in [0.3, 0.4) is 0 Å². The Bertz CT molecular complexity index is 1370. The van der Waals surface area contributed by atoms with Gasteiger partial charge in [0.05, 0.1) is 22.4 Å². The number of rotatable bonds is 4. The molecule has 0 fully saturated rings. The number of hydrazine groups is 1. The zero-order valence-electron chi connectivity index (χ0n) is 21.0. The first-order valence-electron chi connectivity index (χ1n) is 12.2. The van der Waals surface area contributed by atoms with Crippen molar-refractivity contribution < 1.29 is 17.9 Å². The van der Waals surface area contributed by atoms with Crippen LogP contribution in [0.1, 0.15) is 39.7 Å². The normalized spacial score (nSPS) is 21.4. The Balaban J connectivity index is 1.47. The van der Waals surface area contributed by atoms with Gasteiger partial charge in [-0.15, -0.1) is 0 Å². The van der Waals surface area contributed by atoms with Crippen molar-refractivity contribution in [3.63, 3.8) is 0 Å². The summed E-state index contributed by atoms with van der Waals surface area (Å²) in [6.45, 7) is 8.62. The summed E-state index contributed by atoms with van der Waals surface area (Å²) in [6, 6.07) is 13.4. The van der Waals surface area contributed by atoms with Gasteiger partial charge in [-0.3, -0.25) is 5.01 Å². The standard InChI is InChI=1S/C28H32FN3O3S/c1-18(33)27-24-16-30-32(22-9-7-21(29)8-10-22)26(24)15-19-13-14-31(17-25(19)27)36(34,35)23-11-5-20(6-12-23)28(2,3)4/h5-12,15-16,18,27,30,33H,13-14,17H2,1-4H3/t18?,27-/m0/s1. The highest BCUT2D eigenvalue weighted by Crippen LogP contribution is 2.44. The van der Waals surface area contributed by atoms with Gasteiger partial charge >= 0.3 is 0 Å². The lowest BCUT2D eigenvalue weighted by molar-refractivity contribution is 0.155. The molecular formula is C28H32FN3O3S. The van der Waals surface area contributed by atoms with Gasteiger partial charge in [0.25, 0.3) is 0 Å². The van der Waals surface area contributed by atoms with Gasteiger partial charge in [-0.05, 0) is 77.9 Å². The van der Waals surface area contributed by atoms with Crippen LogP contribution in [0.25, 0.3) is 0 Å². The van der Waals surface area contributed by atoms with Gasteiger partial charge < -0.3 is 10.5 Å². The summed E-state index contributed by atoms with van der Waals surface area (Å²) in [5.41, 5.74) is 8.76. The maximum atomic E-state index is 13.6. The molecule has 0 spiro atoms. The molecule has 0 aromatic heterocycles. The topological polar surface area (TPSA) is 72.9 Å². The van der Waals surface area contributed by atoms with Gasteiger partial charge in [-0.2, -0.15) is 4.31 Å². The maximum Gasteiger partial charge on any atom is 0.243 e. The van der Waals surface area contributed by atoms with Gasteiger partial charge in [0.15, 0.2) is 0 Å². The third kappa shape index (κ3) is 4.27. The zero-order chi connectivity index (χ0) is 25.8. The molecule has 0 radical (unpaired) electrons. The fourth-order valence-electron chi connectivity index (χ4n) is 5.23. The lowest BCUT2D eigenvalue weighted by atomic mass is 9.77. The summed E-state index contributed by atoms with van der Waals surface area (Å²) in [7, 11) is -3.69. The molecule has 5 rings (SSSR count). The monoisotopic (exact) mass is 509 g/mol. The molecule has 1 unspecified atom stereocenters. The van der Waals surface area contributed by atoms with E-state index in [2.05, 4.69) is 32.3 Å². The summed E-state index contributed by atoms with van der Waals surface area (Å²) in [5, 5.41) is 12.7. The van der Waals surface area contributed by atoms with Crippen LogP contribution in [0.5, 0.6) is 0 Å². The minimum Gasteiger partial charge on any atom is -0.392 e. The van der Waals surface area contributed by atoms with Crippen LogP contribution < -0.4 is 10.4 Å². The van der Waals surface area contributed by atoms with Gasteiger partial charge in [-0.1, -0.05) is 32.9 Å². The molecule has 0 bridgehead atoms. The third-order valence-corrected chi connectivity index (χ3v) is 9.08. The zero-order valence-corrected chi connectivity index (χ0v) is 21.8. The minimum absolute atomic E-state index is 0.0609. The van der Waals surface area contributed by atoms with Crippen molar-refractivity contribution in [1.29, 1.82) is 0 Å². The summed E-state index contributed by atoms with van der Waals surface area (Å²) in [6.07, 6.45) is 3.74. The number of nitrogens with zero attached hydrogens (tertiary/aromatic N) is 2. The molecule has 0 amide bonds. The van der Waals surface area contributed by atoms with E-state index in [0.717, 1.165) is 33.7 Å². The molecular weight excluding hydrogens is 477 g/mol. The molecule has 2 heterocycles. The number of hydrogen-bond donors (Lipinski definition) is 2. The Labute approximate surface area is 212 Å². The second kappa shape index (κ2) is 8.87. The first-order chi connectivity index (χ1) is 17.0. The molecule has 8 heteroatoms. The van der Waals surface area contributed by atoms with E-state index in [1.807, 2.05) is 23.3 Å². The van der Waals surface area contributed by atoms with Crippen LogP contribution in [0.4, 0.5) is 10.1 Å². The highest BCUT2D eigenvalue weighted by Gasteiger charge is 2.41. The summed E-state index contributed by atoms with van der Waals surface area (Å²) in [5.74, 6) is -0.656. The number of fused-ring (bicyclic) bond motifs is 1. The number of aliphatic hydroxyl groups is 1. The van der Waals surface area contributed by atoms with Crippen molar-refractivity contribution >= 4 is 15.7 Å². The summed E-state index contributed by atoms with van der Waals surface area (Å²) >= 11 is 0. The minimum atomic E-state index is -3.69. The number of allylic oxidation sites excluding steroid dienone is 2. The van der Waals surface area contributed by atoms with E-state index in [-0.39, 0.29) is 28.6 Å². The number of sulfonamides is 1. The summed E-state index contributed by atoms with van der Waals surface area (Å²) < 4.78 is 42.1. The number of halogens is 1. The molecule has 2 aromatic rings. The molecule has 0 saturated heterocycles. The van der Waals surface area contributed by atoms with Crippen molar-refractivity contribution in [1.82, 2.24) is 9.73 Å². The van der Waals surface area contributed by atoms with Crippen molar-refractivity contribution in [2.75, 3.05) is 18.1 Å². The predicted molar refractivity (Wildman–Crippen MR) is 139 cm³/mol. The molecule has 6 nitrogen and oxygen atoms in total. The van der Waals surface area contributed by atoms with Crippen LogP contribution >= 0.6 is 0 Å². The highest BCUT2D eigenvalue weighted by molar-refractivity contribution is 7.89. The molecule has 2 aromatic carbocycles. The SMILES string of the molecule is CC(O)[C@H]1C2=CNN(c3ccc(F)cc3)C2=CC2=C1CN(S(=O)(=O)c1ccc(C(C)(C)C)cc1)CC2. The Morgan fingerprint density at radius 2 is 1.75 bits per heavy atom. The van der Waals surface area contributed by atoms with Crippen LogP contribution in [0.2, 0.25) is 0 Å². The highest BCUT2D eigenvalue weighted by atomic mass is 32.2. The van der Waals surface area contributed by atoms with Crippen molar-refractivity contribution in [2.45, 2.75) is 50.5 Å². The molecule has 2 N–H and O–H groups in total. The average molecular weight is 510 g/mol. The molecule has 1 aliphatic carbocycles. The maximum absolute atomic E-state index is 13.6. The van der Waals surface area contributed by atoms with Crippen LogP contribution in [0.15, 0.2) is 88.1 Å². The molecule has 36 heavy (non-hydrogen) atoms. The molecule has 2 atom stereocenters. The second-order valence-corrected chi connectivity index (χ2v) is 12.6. The van der Waals surface area contributed by atoms with Gasteiger partial charge in [0, 0.05) is 30.8 Å². The average Bonchev–Trinajstić information content (AvgIpc) is 3.25. The van der Waals surface area contributed by atoms with Crippen LogP contribution in [-0.2, 0) is 15.4 Å². The van der Waals surface area contributed by atoms with Crippen molar-refractivity contribution in [3.05, 3.63) is 94.6 Å². The first kappa shape index (κ1) is 24.7. The number of anilines is 1. The third-order valence-electron chi connectivity index (χ3n) is 7.22. The number of hydrogen-bond acceptors (Lipinski definition) is 5. The van der Waals surface area contributed by atoms with Crippen molar-refractivity contribution in [3.8, 4) is 0 Å². The Morgan fingerprint density at radius 3 is 2.36 bits per heavy atom. The Morgan fingerprint density at radius 1 is 1.08 bits per heavy atom.